The molecule has 0 aliphatic carbocycles. The first-order chi connectivity index (χ1) is 15.9. The summed E-state index contributed by atoms with van der Waals surface area (Å²) in [7, 11) is 0. The number of ketones is 1. The number of aliphatic hydroxyl groups is 1. The van der Waals surface area contributed by atoms with E-state index >= 15 is 0 Å². The van der Waals surface area contributed by atoms with Crippen LogP contribution in [0.2, 0.25) is 0 Å². The third-order valence-electron chi connectivity index (χ3n) is 6.48. The molecule has 0 spiro atoms. The zero-order valence-electron chi connectivity index (χ0n) is 19.5. The van der Waals surface area contributed by atoms with E-state index in [1.807, 2.05) is 25.1 Å². The van der Waals surface area contributed by atoms with Crippen LogP contribution in [0.1, 0.15) is 49.9 Å². The highest BCUT2D eigenvalue weighted by molar-refractivity contribution is 6.46. The topological polar surface area (TPSA) is 83.0 Å². The van der Waals surface area contributed by atoms with Gasteiger partial charge in [-0.05, 0) is 68.4 Å². The molecule has 174 valence electrons. The van der Waals surface area contributed by atoms with Crippen molar-refractivity contribution in [2.45, 2.75) is 45.8 Å². The Bertz CT molecular complexity index is 1060. The van der Waals surface area contributed by atoms with Gasteiger partial charge in [0.1, 0.15) is 17.6 Å². The van der Waals surface area contributed by atoms with Gasteiger partial charge < -0.3 is 19.6 Å². The smallest absolute Gasteiger partial charge is 0.295 e. The van der Waals surface area contributed by atoms with Gasteiger partial charge in [0, 0.05) is 30.9 Å². The summed E-state index contributed by atoms with van der Waals surface area (Å²) in [5.74, 6) is -0.604. The molecule has 1 saturated heterocycles. The third-order valence-corrected chi connectivity index (χ3v) is 6.48. The highest BCUT2D eigenvalue weighted by Gasteiger charge is 2.46. The Morgan fingerprint density at radius 1 is 1.24 bits per heavy atom. The van der Waals surface area contributed by atoms with E-state index in [1.54, 1.807) is 29.4 Å². The normalized spacial score (nSPS) is 21.5. The Hall–Kier alpha value is -3.19. The number of benzene rings is 1. The van der Waals surface area contributed by atoms with Crippen molar-refractivity contribution in [2.24, 2.45) is 0 Å². The minimum atomic E-state index is -0.668. The molecular formula is C26H31N3O4. The van der Waals surface area contributed by atoms with E-state index in [0.29, 0.717) is 17.7 Å². The Kier molecular flexibility index (Phi) is 6.79. The second kappa shape index (κ2) is 9.75. The zero-order chi connectivity index (χ0) is 23.5. The number of amides is 1. The number of aliphatic hydroxyl groups excluding tert-OH is 1. The van der Waals surface area contributed by atoms with Crippen molar-refractivity contribution in [1.82, 2.24) is 14.8 Å². The number of aromatic nitrogens is 1. The van der Waals surface area contributed by atoms with Crippen molar-refractivity contribution < 1.29 is 19.4 Å². The number of rotatable bonds is 8. The molecule has 7 nitrogen and oxygen atoms in total. The molecule has 2 aliphatic heterocycles. The Morgan fingerprint density at radius 2 is 2.03 bits per heavy atom. The summed E-state index contributed by atoms with van der Waals surface area (Å²) in [4.78, 5) is 34.3. The molecule has 0 saturated carbocycles. The predicted molar refractivity (Wildman–Crippen MR) is 126 cm³/mol. The van der Waals surface area contributed by atoms with Crippen LogP contribution in [0.25, 0.3) is 5.76 Å². The fourth-order valence-corrected chi connectivity index (χ4v) is 4.72. The summed E-state index contributed by atoms with van der Waals surface area (Å²) in [6.07, 6.45) is 4.85. The number of pyridine rings is 1. The highest BCUT2D eigenvalue weighted by atomic mass is 16.5. The Labute approximate surface area is 194 Å². The molecule has 1 aromatic heterocycles. The van der Waals surface area contributed by atoms with E-state index < -0.39 is 17.7 Å². The summed E-state index contributed by atoms with van der Waals surface area (Å²) >= 11 is 0. The SMILES string of the molecule is CCN(CC)CCCN1C(=O)C(=O)/C(=C(/O)c2ccc3c(c2)C[C@H](C)O3)[C@H]1c1cccnc1. The fraction of sp³-hybridized carbons (Fsp3) is 0.423. The lowest BCUT2D eigenvalue weighted by Gasteiger charge is -2.26. The quantitative estimate of drug-likeness (QED) is 0.377. The lowest BCUT2D eigenvalue weighted by Crippen LogP contribution is -2.33. The molecule has 1 aromatic carbocycles. The second-order valence-corrected chi connectivity index (χ2v) is 8.61. The van der Waals surface area contributed by atoms with Crippen molar-refractivity contribution in [3.8, 4) is 5.75 Å². The summed E-state index contributed by atoms with van der Waals surface area (Å²) < 4.78 is 5.76. The minimum Gasteiger partial charge on any atom is -0.507 e. The van der Waals surface area contributed by atoms with Crippen molar-refractivity contribution in [2.75, 3.05) is 26.2 Å². The molecule has 1 amide bonds. The molecule has 0 radical (unpaired) electrons. The van der Waals surface area contributed by atoms with Crippen LogP contribution in [-0.2, 0) is 16.0 Å². The molecule has 1 fully saturated rings. The number of fused-ring (bicyclic) bond motifs is 1. The molecule has 2 atom stereocenters. The number of nitrogens with zero attached hydrogens (tertiary/aromatic N) is 3. The second-order valence-electron chi connectivity index (χ2n) is 8.61. The van der Waals surface area contributed by atoms with Crippen LogP contribution in [-0.4, -0.2) is 63.9 Å². The standard InChI is InChI=1S/C26H31N3O4/c1-4-28(5-2)12-7-13-29-23(19-8-6-11-27-16-19)22(25(31)26(29)32)24(30)18-9-10-21-20(15-18)14-17(3)33-21/h6,8-11,15-17,23,30H,4-5,7,12-14H2,1-3H3/b24-22+/t17-,23+/m0/s1. The van der Waals surface area contributed by atoms with Crippen LogP contribution in [0.4, 0.5) is 0 Å². The van der Waals surface area contributed by atoms with Crippen molar-refractivity contribution in [3.63, 3.8) is 0 Å². The Morgan fingerprint density at radius 3 is 2.73 bits per heavy atom. The van der Waals surface area contributed by atoms with E-state index in [4.69, 9.17) is 4.74 Å². The van der Waals surface area contributed by atoms with Gasteiger partial charge in [-0.3, -0.25) is 14.6 Å². The number of ether oxygens (including phenoxy) is 1. The van der Waals surface area contributed by atoms with Crippen LogP contribution in [0.5, 0.6) is 5.75 Å². The molecule has 7 heteroatoms. The molecule has 1 N–H and O–H groups in total. The van der Waals surface area contributed by atoms with Crippen LogP contribution in [0.15, 0.2) is 48.3 Å². The highest BCUT2D eigenvalue weighted by Crippen LogP contribution is 2.40. The van der Waals surface area contributed by atoms with Gasteiger partial charge >= 0.3 is 0 Å². The molecule has 0 unspecified atom stereocenters. The summed E-state index contributed by atoms with van der Waals surface area (Å²) in [5.41, 5.74) is 2.32. The van der Waals surface area contributed by atoms with Gasteiger partial charge in [-0.25, -0.2) is 0 Å². The largest absolute Gasteiger partial charge is 0.507 e. The molecule has 2 aromatic rings. The van der Waals surface area contributed by atoms with Gasteiger partial charge in [0.2, 0.25) is 0 Å². The van der Waals surface area contributed by atoms with Crippen molar-refractivity contribution in [1.29, 1.82) is 0 Å². The van der Waals surface area contributed by atoms with Crippen LogP contribution >= 0.6 is 0 Å². The van der Waals surface area contributed by atoms with Gasteiger partial charge in [0.05, 0.1) is 11.6 Å². The molecular weight excluding hydrogens is 418 g/mol. The number of hydrogen-bond acceptors (Lipinski definition) is 6. The van der Waals surface area contributed by atoms with E-state index in [9.17, 15) is 14.7 Å². The van der Waals surface area contributed by atoms with Crippen LogP contribution < -0.4 is 4.74 Å². The molecule has 3 heterocycles. The van der Waals surface area contributed by atoms with Gasteiger partial charge in [0.15, 0.2) is 0 Å². The predicted octanol–water partition coefficient (Wildman–Crippen LogP) is 3.56. The fourth-order valence-electron chi connectivity index (χ4n) is 4.72. The van der Waals surface area contributed by atoms with E-state index in [1.165, 1.54) is 0 Å². The maximum atomic E-state index is 13.1. The lowest BCUT2D eigenvalue weighted by molar-refractivity contribution is -0.140. The van der Waals surface area contributed by atoms with Crippen LogP contribution in [0, 0.1) is 0 Å². The van der Waals surface area contributed by atoms with E-state index in [2.05, 4.69) is 23.7 Å². The monoisotopic (exact) mass is 449 g/mol. The number of carbonyl (C=O) groups is 2. The van der Waals surface area contributed by atoms with E-state index in [0.717, 1.165) is 43.8 Å². The number of carbonyl (C=O) groups excluding carboxylic acids is 2. The van der Waals surface area contributed by atoms with Gasteiger partial charge in [0.25, 0.3) is 11.7 Å². The first-order valence-corrected chi connectivity index (χ1v) is 11.6. The maximum Gasteiger partial charge on any atom is 0.295 e. The molecule has 4 rings (SSSR count). The first-order valence-electron chi connectivity index (χ1n) is 11.6. The number of hydrogen-bond donors (Lipinski definition) is 1. The molecule has 33 heavy (non-hydrogen) atoms. The number of Topliss-reactive ketones (excluding diaryl/α,β-unsaturated/α-hetero) is 1. The zero-order valence-corrected chi connectivity index (χ0v) is 19.5. The molecule has 2 aliphatic rings. The summed E-state index contributed by atoms with van der Waals surface area (Å²) in [5, 5.41) is 11.3. The lowest BCUT2D eigenvalue weighted by atomic mass is 9.95. The minimum absolute atomic E-state index is 0.0733. The molecule has 0 bridgehead atoms. The first kappa shape index (κ1) is 23.0. The summed E-state index contributed by atoms with van der Waals surface area (Å²) in [6, 6.07) is 8.35. The Balaban J connectivity index is 1.71. The average Bonchev–Trinajstić information content (AvgIpc) is 3.32. The summed E-state index contributed by atoms with van der Waals surface area (Å²) in [6.45, 7) is 9.32. The maximum absolute atomic E-state index is 13.1. The van der Waals surface area contributed by atoms with E-state index in [-0.39, 0.29) is 17.4 Å². The van der Waals surface area contributed by atoms with Crippen molar-refractivity contribution >= 4 is 17.4 Å². The van der Waals surface area contributed by atoms with Crippen LogP contribution in [0.3, 0.4) is 0 Å². The number of likely N-dealkylation sites (tertiary alicyclic amines) is 1. The van der Waals surface area contributed by atoms with Gasteiger partial charge in [-0.2, -0.15) is 0 Å². The van der Waals surface area contributed by atoms with Crippen molar-refractivity contribution in [3.05, 3.63) is 65.0 Å². The average molecular weight is 450 g/mol. The van der Waals surface area contributed by atoms with Gasteiger partial charge in [-0.15, -0.1) is 0 Å². The van der Waals surface area contributed by atoms with Gasteiger partial charge in [-0.1, -0.05) is 19.9 Å². The third kappa shape index (κ3) is 4.50.